The minimum atomic E-state index is 0. The molecule has 5 heteroatoms. The third-order valence-electron chi connectivity index (χ3n) is 12.9. The van der Waals surface area contributed by atoms with E-state index in [1.54, 1.807) is 0 Å². The van der Waals surface area contributed by atoms with Crippen LogP contribution in [0, 0.1) is 7.05 Å². The molecule has 2 heterocycles. The topological polar surface area (TPSA) is 6.48 Å². The molecule has 0 aliphatic carbocycles. The van der Waals surface area contributed by atoms with Crippen LogP contribution in [0.2, 0.25) is 0 Å². The predicted molar refractivity (Wildman–Crippen MR) is 275 cm³/mol. The summed E-state index contributed by atoms with van der Waals surface area (Å²) < 4.78 is 5.12. The summed E-state index contributed by atoms with van der Waals surface area (Å²) in [5.41, 5.74) is 10.6. The summed E-state index contributed by atoms with van der Waals surface area (Å²) in [6.45, 7) is 0. The third kappa shape index (κ3) is 5.52. The molecular weight excluding hydrogens is 1050 g/mol. The van der Waals surface area contributed by atoms with E-state index in [1.807, 2.05) is 22.7 Å². The van der Waals surface area contributed by atoms with Crippen LogP contribution in [0.5, 0.6) is 0 Å². The fraction of sp³-hybridized carbons (Fsp3) is 0. The maximum Gasteiger partial charge on any atom is 0.0640 e. The number of nitrogens with zero attached hydrogens (tertiary/aromatic N) is 2. The van der Waals surface area contributed by atoms with E-state index in [-0.39, 0.29) is 0 Å². The summed E-state index contributed by atoms with van der Waals surface area (Å²) >= 11 is 3.75. The van der Waals surface area contributed by atoms with Gasteiger partial charge in [-0.15, -0.1) is 22.7 Å². The first-order chi connectivity index (χ1) is 31.2. The standard InChI is InChI=1S/C59H37N2S2.Bk/c1-60(52-27-13-25-46-44-23-11-21-42(56(44)62-58(46)52)37-15-5-2-6-16-37)50-35-31-39-30-34-49-51(36-32-40-29-33-48(50)54(39)55(40)49)61(41-19-9-4-10-20-41)53-28-14-26-47-45-24-12-22-43(57(45)63-59(47)53)38-17-7-3-8-18-38;/h2-36H,1H2;/q-1;. The number of fused-ring (bicyclic) bond motifs is 6. The van der Waals surface area contributed by atoms with Gasteiger partial charge in [0.25, 0.3) is 0 Å². The van der Waals surface area contributed by atoms with Crippen molar-refractivity contribution in [2.75, 3.05) is 9.80 Å². The van der Waals surface area contributed by atoms with Crippen LogP contribution in [-0.2, 0) is 0 Å². The zero-order chi connectivity index (χ0) is 41.6. The van der Waals surface area contributed by atoms with Crippen molar-refractivity contribution in [3.05, 3.63) is 219 Å². The quantitative estimate of drug-likeness (QED) is 0.116. The maximum absolute atomic E-state index is 4.79. The van der Waals surface area contributed by atoms with Crippen molar-refractivity contribution in [3.63, 3.8) is 0 Å². The van der Waals surface area contributed by atoms with Gasteiger partial charge in [0.15, 0.2) is 0 Å². The van der Waals surface area contributed by atoms with Crippen molar-refractivity contribution in [2.45, 2.75) is 0 Å². The molecule has 13 aromatic rings. The van der Waals surface area contributed by atoms with Crippen LogP contribution in [0.1, 0.15) is 0 Å². The minimum Gasteiger partial charge on any atom is -0.495 e. The Kier molecular flexibility index (Phi) is 8.48. The van der Waals surface area contributed by atoms with Crippen LogP contribution < -0.4 is 9.80 Å². The van der Waals surface area contributed by atoms with Crippen LogP contribution >= 0.6 is 22.7 Å². The fourth-order valence-electron chi connectivity index (χ4n) is 10.0. The van der Waals surface area contributed by atoms with Crippen LogP contribution in [0.25, 0.3) is 94.9 Å². The Hall–Kier alpha value is -8.50. The van der Waals surface area contributed by atoms with Gasteiger partial charge in [-0.2, -0.15) is 0 Å². The molecule has 0 aliphatic heterocycles. The molecule has 0 unspecified atom stereocenters. The summed E-state index contributed by atoms with van der Waals surface area (Å²) in [7, 11) is 4.79. The second-order valence-corrected chi connectivity index (χ2v) is 18.3. The smallest absolute Gasteiger partial charge is 0.0640 e. The van der Waals surface area contributed by atoms with E-state index in [1.165, 1.54) is 101 Å². The van der Waals surface area contributed by atoms with Gasteiger partial charge in [-0.25, -0.2) is 0 Å². The molecule has 13 rings (SSSR count). The molecule has 0 fully saturated rings. The Labute approximate surface area is 373 Å². The van der Waals surface area contributed by atoms with Crippen LogP contribution in [0.3, 0.4) is 0 Å². The molecule has 0 atom stereocenters. The molecular formula is C59H37BkN2S2-. The van der Waals surface area contributed by atoms with Gasteiger partial charge in [-0.3, -0.25) is 7.05 Å². The molecule has 0 spiro atoms. The zero-order valence-electron chi connectivity index (χ0n) is 34.5. The van der Waals surface area contributed by atoms with Crippen molar-refractivity contribution in [2.24, 2.45) is 0 Å². The van der Waals surface area contributed by atoms with E-state index < -0.39 is 0 Å². The first kappa shape index (κ1) is 37.3. The number of benzene rings is 11. The Morgan fingerprint density at radius 2 is 0.734 bits per heavy atom. The molecule has 2 aromatic heterocycles. The van der Waals surface area contributed by atoms with Gasteiger partial charge in [0, 0.05) is 58.8 Å². The third-order valence-corrected chi connectivity index (χ3v) is 15.4. The number of hydrogen-bond acceptors (Lipinski definition) is 4. The molecule has 0 bridgehead atoms. The van der Waals surface area contributed by atoms with Crippen LogP contribution in [-0.4, -0.2) is 0 Å². The Balaban J connectivity index is 0.00000433. The molecule has 0 amide bonds. The van der Waals surface area contributed by atoms with E-state index in [4.69, 9.17) is 7.05 Å². The van der Waals surface area contributed by atoms with Gasteiger partial charge >= 0.3 is 0 Å². The van der Waals surface area contributed by atoms with E-state index >= 15 is 0 Å². The number of para-hydroxylation sites is 1. The molecule has 2 nitrogen and oxygen atoms in total. The molecule has 0 N–H and O–H groups in total. The molecule has 0 aliphatic rings. The normalized spacial score (nSPS) is 11.7. The average molecular weight is 1090 g/mol. The maximum atomic E-state index is 4.79. The predicted octanol–water partition coefficient (Wildman–Crippen LogP) is 18.1. The Morgan fingerprint density at radius 3 is 1.28 bits per heavy atom. The van der Waals surface area contributed by atoms with Crippen LogP contribution in [0.15, 0.2) is 212 Å². The second kappa shape index (κ2) is 14.6. The minimum absolute atomic E-state index is 0. The zero-order valence-corrected chi connectivity index (χ0v) is 38.9. The first-order valence-electron chi connectivity index (χ1n) is 21.4. The summed E-state index contributed by atoms with van der Waals surface area (Å²) in [6, 6.07) is 77.6. The number of thiophene rings is 2. The van der Waals surface area contributed by atoms with E-state index in [2.05, 4.69) is 222 Å². The van der Waals surface area contributed by atoms with E-state index in [0.29, 0.717) is 0 Å². The van der Waals surface area contributed by atoms with Gasteiger partial charge in [-0.05, 0) is 80.2 Å². The largest absolute Gasteiger partial charge is 0.495 e. The molecule has 0 saturated carbocycles. The van der Waals surface area contributed by atoms with Gasteiger partial charge in [-0.1, -0.05) is 176 Å². The van der Waals surface area contributed by atoms with Crippen molar-refractivity contribution >= 4 is 124 Å². The van der Waals surface area contributed by atoms with Crippen LogP contribution in [0.4, 0.5) is 28.4 Å². The van der Waals surface area contributed by atoms with E-state index in [9.17, 15) is 0 Å². The molecule has 1 radical (unpaired) electrons. The fourth-order valence-corrected chi connectivity index (χ4v) is 12.7. The Bertz CT molecular complexity index is 3880. The van der Waals surface area contributed by atoms with Gasteiger partial charge in [0.1, 0.15) is 0 Å². The number of rotatable bonds is 7. The summed E-state index contributed by atoms with van der Waals surface area (Å²) in [4.78, 5) is 4.64. The van der Waals surface area contributed by atoms with Crippen molar-refractivity contribution in [1.82, 2.24) is 0 Å². The first-order valence-corrected chi connectivity index (χ1v) is 23.0. The molecule has 0 saturated heterocycles. The summed E-state index contributed by atoms with van der Waals surface area (Å²) in [6.07, 6.45) is 0. The summed E-state index contributed by atoms with van der Waals surface area (Å²) in [5, 5.41) is 12.5. The van der Waals surface area contributed by atoms with E-state index in [0.717, 1.165) is 22.7 Å². The monoisotopic (exact) mass is 1080 g/mol. The molecule has 305 valence electrons. The van der Waals surface area contributed by atoms with Gasteiger partial charge < -0.3 is 9.80 Å². The average Bonchev–Trinajstić information content (AvgIpc) is 3.94. The Morgan fingerprint density at radius 1 is 0.312 bits per heavy atom. The number of anilines is 5. The van der Waals surface area contributed by atoms with Crippen molar-refractivity contribution in [3.8, 4) is 22.3 Å². The SMILES string of the molecule is [Bk].[CH2-]N(c1ccc2ccc3c(N(c4ccccc4)c4cccc5c4sc4c(-c6ccccc6)cccc45)ccc4ccc1c2c43)c1cccc2c1sc1c(-c3ccccc3)cccc12. The number of hydrogen-bond donors (Lipinski definition) is 0. The van der Waals surface area contributed by atoms with Gasteiger partial charge in [0.2, 0.25) is 0 Å². The van der Waals surface area contributed by atoms with Crippen molar-refractivity contribution in [1.29, 1.82) is 0 Å². The van der Waals surface area contributed by atoms with Crippen molar-refractivity contribution < 1.29 is 0 Å². The summed E-state index contributed by atoms with van der Waals surface area (Å²) in [5.74, 6) is 0. The van der Waals surface area contributed by atoms with Gasteiger partial charge in [0.05, 0.1) is 20.8 Å². The second-order valence-electron chi connectivity index (χ2n) is 16.3. The molecule has 11 aromatic carbocycles. The molecule has 64 heavy (non-hydrogen) atoms.